The van der Waals surface area contributed by atoms with Crippen LogP contribution >= 0.6 is 0 Å². The van der Waals surface area contributed by atoms with Gasteiger partial charge >= 0.3 is 6.18 Å². The Morgan fingerprint density at radius 3 is 2.77 bits per heavy atom. The number of aliphatic hydroxyl groups excluding tert-OH is 1. The molecule has 1 fully saturated rings. The molecule has 22 heavy (non-hydrogen) atoms. The Bertz CT molecular complexity index is 651. The van der Waals surface area contributed by atoms with Crippen LogP contribution in [0.1, 0.15) is 31.4 Å². The third kappa shape index (κ3) is 2.99. The highest BCUT2D eigenvalue weighted by Crippen LogP contribution is 2.30. The molecule has 0 amide bonds. The first kappa shape index (κ1) is 15.0. The molecule has 1 saturated carbocycles. The lowest BCUT2D eigenvalue weighted by Gasteiger charge is -2.19. The minimum atomic E-state index is -4.56. The zero-order chi connectivity index (χ0) is 15.7. The Morgan fingerprint density at radius 2 is 2.09 bits per heavy atom. The van der Waals surface area contributed by atoms with Crippen LogP contribution in [0.25, 0.3) is 5.78 Å². The molecular formula is C13H16F3N5O. The molecule has 9 heteroatoms. The van der Waals surface area contributed by atoms with Crippen LogP contribution < -0.4 is 5.32 Å². The van der Waals surface area contributed by atoms with Crippen molar-refractivity contribution in [3.8, 4) is 0 Å². The molecule has 0 spiro atoms. The first-order valence-electron chi connectivity index (χ1n) is 7.15. The number of rotatable bonds is 4. The monoisotopic (exact) mass is 315 g/mol. The second kappa shape index (κ2) is 5.71. The summed E-state index contributed by atoms with van der Waals surface area (Å²) in [6, 6.07) is 0.878. The zero-order valence-corrected chi connectivity index (χ0v) is 11.7. The average molecular weight is 315 g/mol. The van der Waals surface area contributed by atoms with E-state index in [9.17, 15) is 18.3 Å². The fourth-order valence-electron chi connectivity index (χ4n) is 2.80. The van der Waals surface area contributed by atoms with Crippen LogP contribution in [-0.2, 0) is 6.18 Å². The molecule has 2 aromatic rings. The summed E-state index contributed by atoms with van der Waals surface area (Å²) in [5.41, 5.74) is -1.04. The highest BCUT2D eigenvalue weighted by molar-refractivity contribution is 5.45. The van der Waals surface area contributed by atoms with Gasteiger partial charge in [0.2, 0.25) is 0 Å². The molecule has 0 bridgehead atoms. The van der Waals surface area contributed by atoms with Crippen LogP contribution in [0.3, 0.4) is 0 Å². The van der Waals surface area contributed by atoms with Crippen molar-refractivity contribution >= 4 is 11.6 Å². The van der Waals surface area contributed by atoms with E-state index in [0.29, 0.717) is 0 Å². The third-order valence-corrected chi connectivity index (χ3v) is 3.98. The summed E-state index contributed by atoms with van der Waals surface area (Å²) in [5, 5.41) is 16.8. The van der Waals surface area contributed by atoms with Gasteiger partial charge in [-0.2, -0.15) is 27.8 Å². The molecule has 1 aliphatic carbocycles. The second-order valence-corrected chi connectivity index (χ2v) is 5.49. The van der Waals surface area contributed by atoms with Crippen molar-refractivity contribution in [1.29, 1.82) is 0 Å². The quantitative estimate of drug-likeness (QED) is 0.904. The van der Waals surface area contributed by atoms with Gasteiger partial charge < -0.3 is 10.4 Å². The minimum Gasteiger partial charge on any atom is -0.391 e. The summed E-state index contributed by atoms with van der Waals surface area (Å²) < 4.78 is 39.7. The number of halogens is 3. The second-order valence-electron chi connectivity index (χ2n) is 5.49. The van der Waals surface area contributed by atoms with Crippen molar-refractivity contribution < 1.29 is 18.3 Å². The number of nitrogens with zero attached hydrogens (tertiary/aromatic N) is 4. The Balaban J connectivity index is 1.81. The van der Waals surface area contributed by atoms with Gasteiger partial charge in [-0.25, -0.2) is 4.98 Å². The number of hydrogen-bond donors (Lipinski definition) is 2. The lowest BCUT2D eigenvalue weighted by Crippen LogP contribution is -2.27. The Morgan fingerprint density at radius 1 is 1.36 bits per heavy atom. The maximum Gasteiger partial charge on any atom is 0.433 e. The number of aromatic nitrogens is 4. The SMILES string of the molecule is OC(CNc1cc(C(F)(F)F)nc2ncnn12)C1CCCC1. The van der Waals surface area contributed by atoms with Gasteiger partial charge in [0.05, 0.1) is 6.10 Å². The van der Waals surface area contributed by atoms with Gasteiger partial charge in [-0.1, -0.05) is 12.8 Å². The molecule has 6 nitrogen and oxygen atoms in total. The van der Waals surface area contributed by atoms with E-state index in [1.54, 1.807) is 0 Å². The van der Waals surface area contributed by atoms with Crippen molar-refractivity contribution in [2.24, 2.45) is 5.92 Å². The van der Waals surface area contributed by atoms with Gasteiger partial charge in [0.15, 0.2) is 5.69 Å². The minimum absolute atomic E-state index is 0.117. The molecular weight excluding hydrogens is 299 g/mol. The molecule has 0 aromatic carbocycles. The summed E-state index contributed by atoms with van der Waals surface area (Å²) in [6.07, 6.45) is 0.0567. The fourth-order valence-corrected chi connectivity index (χ4v) is 2.80. The standard InChI is InChI=1S/C13H16F3N5O/c14-13(15,16)10-5-11(21-12(20-10)18-7-19-21)17-6-9(22)8-3-1-2-4-8/h5,7-9,17,22H,1-4,6H2. The average Bonchev–Trinajstić information content (AvgIpc) is 3.13. The third-order valence-electron chi connectivity index (χ3n) is 3.98. The Labute approximate surface area is 124 Å². The first-order chi connectivity index (χ1) is 10.4. The molecule has 0 aliphatic heterocycles. The number of fused-ring (bicyclic) bond motifs is 1. The normalized spacial score (nSPS) is 18.0. The number of hydrogen-bond acceptors (Lipinski definition) is 5. The van der Waals surface area contributed by atoms with Crippen molar-refractivity contribution in [3.63, 3.8) is 0 Å². The summed E-state index contributed by atoms with van der Waals surface area (Å²) in [7, 11) is 0. The molecule has 120 valence electrons. The van der Waals surface area contributed by atoms with E-state index in [-0.39, 0.29) is 24.1 Å². The molecule has 0 radical (unpaired) electrons. The maximum absolute atomic E-state index is 12.8. The van der Waals surface area contributed by atoms with E-state index in [1.807, 2.05) is 0 Å². The molecule has 1 aliphatic rings. The van der Waals surface area contributed by atoms with Crippen molar-refractivity contribution in [3.05, 3.63) is 18.1 Å². The van der Waals surface area contributed by atoms with Crippen molar-refractivity contribution in [1.82, 2.24) is 19.6 Å². The van der Waals surface area contributed by atoms with Crippen LogP contribution in [0, 0.1) is 5.92 Å². The van der Waals surface area contributed by atoms with Crippen molar-refractivity contribution in [2.75, 3.05) is 11.9 Å². The van der Waals surface area contributed by atoms with Crippen LogP contribution in [0.5, 0.6) is 0 Å². The molecule has 2 N–H and O–H groups in total. The molecule has 2 aromatic heterocycles. The first-order valence-corrected chi connectivity index (χ1v) is 7.15. The molecule has 1 atom stereocenters. The number of nitrogens with one attached hydrogen (secondary N) is 1. The molecule has 1 unspecified atom stereocenters. The summed E-state index contributed by atoms with van der Waals surface area (Å²) in [4.78, 5) is 7.13. The van der Waals surface area contributed by atoms with E-state index in [4.69, 9.17) is 0 Å². The summed E-state index contributed by atoms with van der Waals surface area (Å²) >= 11 is 0. The Kier molecular flexibility index (Phi) is 3.90. The topological polar surface area (TPSA) is 75.3 Å². The van der Waals surface area contributed by atoms with Gasteiger partial charge in [-0.15, -0.1) is 0 Å². The van der Waals surface area contributed by atoms with Gasteiger partial charge in [-0.05, 0) is 18.8 Å². The van der Waals surface area contributed by atoms with Crippen molar-refractivity contribution in [2.45, 2.75) is 38.0 Å². The van der Waals surface area contributed by atoms with E-state index < -0.39 is 18.0 Å². The summed E-state index contributed by atoms with van der Waals surface area (Å²) in [5.74, 6) is 0.183. The molecule has 0 saturated heterocycles. The van der Waals surface area contributed by atoms with Gasteiger partial charge in [0, 0.05) is 12.6 Å². The summed E-state index contributed by atoms with van der Waals surface area (Å²) in [6.45, 7) is 0.168. The fraction of sp³-hybridized carbons (Fsp3) is 0.615. The van der Waals surface area contributed by atoms with Gasteiger partial charge in [-0.3, -0.25) is 0 Å². The highest BCUT2D eigenvalue weighted by Gasteiger charge is 2.34. The predicted octanol–water partition coefficient (Wildman–Crippen LogP) is 2.11. The van der Waals surface area contributed by atoms with Crippen LogP contribution in [0.15, 0.2) is 12.4 Å². The highest BCUT2D eigenvalue weighted by atomic mass is 19.4. The van der Waals surface area contributed by atoms with Gasteiger partial charge in [0.25, 0.3) is 5.78 Å². The van der Waals surface area contributed by atoms with Crippen LogP contribution in [0.2, 0.25) is 0 Å². The molecule has 2 heterocycles. The van der Waals surface area contributed by atoms with E-state index in [0.717, 1.165) is 38.1 Å². The van der Waals surface area contributed by atoms with Crippen LogP contribution in [0.4, 0.5) is 19.0 Å². The number of anilines is 1. The lowest BCUT2D eigenvalue weighted by atomic mass is 10.0. The molecule has 3 rings (SSSR count). The largest absolute Gasteiger partial charge is 0.433 e. The predicted molar refractivity (Wildman–Crippen MR) is 72.2 cm³/mol. The lowest BCUT2D eigenvalue weighted by molar-refractivity contribution is -0.141. The zero-order valence-electron chi connectivity index (χ0n) is 11.7. The number of alkyl halides is 3. The number of aliphatic hydroxyl groups is 1. The van der Waals surface area contributed by atoms with Gasteiger partial charge in [0.1, 0.15) is 12.1 Å². The van der Waals surface area contributed by atoms with E-state index in [1.165, 1.54) is 4.52 Å². The van der Waals surface area contributed by atoms with E-state index >= 15 is 0 Å². The van der Waals surface area contributed by atoms with Crippen LogP contribution in [-0.4, -0.2) is 37.3 Å². The van der Waals surface area contributed by atoms with E-state index in [2.05, 4.69) is 20.4 Å². The Hall–Kier alpha value is -1.90. The smallest absolute Gasteiger partial charge is 0.391 e. The maximum atomic E-state index is 12.8.